The molecule has 1 fully saturated rings. The maximum absolute atomic E-state index is 13.7. The van der Waals surface area contributed by atoms with Crippen LogP contribution in [0.4, 0.5) is 4.39 Å². The summed E-state index contributed by atoms with van der Waals surface area (Å²) in [4.78, 5) is 3.75. The highest BCUT2D eigenvalue weighted by molar-refractivity contribution is 5.19. The average molecular weight is 288 g/mol. The van der Waals surface area contributed by atoms with E-state index in [9.17, 15) is 4.39 Å². The maximum Gasteiger partial charge on any atom is 0.146 e. The highest BCUT2D eigenvalue weighted by atomic mass is 19.1. The number of nitrogens with zero attached hydrogens (tertiary/aromatic N) is 3. The lowest BCUT2D eigenvalue weighted by molar-refractivity contribution is 0.328. The molecule has 0 radical (unpaired) electrons. The van der Waals surface area contributed by atoms with Gasteiger partial charge in [-0.2, -0.15) is 5.10 Å². The van der Waals surface area contributed by atoms with Gasteiger partial charge in [-0.3, -0.25) is 9.67 Å². The van der Waals surface area contributed by atoms with Gasteiger partial charge in [0.05, 0.1) is 17.9 Å². The minimum atomic E-state index is -0.386. The van der Waals surface area contributed by atoms with Crippen LogP contribution in [0, 0.1) is 5.82 Å². The van der Waals surface area contributed by atoms with Gasteiger partial charge in [-0.25, -0.2) is 4.39 Å². The van der Waals surface area contributed by atoms with Crippen LogP contribution in [0.5, 0.6) is 0 Å². The molecule has 0 spiro atoms. The van der Waals surface area contributed by atoms with Crippen LogP contribution in [0.15, 0.2) is 30.7 Å². The van der Waals surface area contributed by atoms with E-state index in [0.717, 1.165) is 5.69 Å². The summed E-state index contributed by atoms with van der Waals surface area (Å²) in [5.74, 6) is -0.350. The fourth-order valence-corrected chi connectivity index (χ4v) is 3.06. The SMILES string of the molecule is NC(Cc1ccn(C2CCCCC2)n1)c1ccncc1F. The standard InChI is InChI=1S/C16H21FN4/c17-15-11-19-8-6-14(15)16(18)10-12-7-9-21(20-12)13-4-2-1-3-5-13/h6-9,11,13,16H,1-5,10,18H2. The van der Waals surface area contributed by atoms with E-state index >= 15 is 0 Å². The van der Waals surface area contributed by atoms with E-state index < -0.39 is 0 Å². The lowest BCUT2D eigenvalue weighted by Crippen LogP contribution is -2.17. The summed E-state index contributed by atoms with van der Waals surface area (Å²) in [6.07, 6.45) is 11.6. The number of nitrogens with two attached hydrogens (primary N) is 1. The highest BCUT2D eigenvalue weighted by Crippen LogP contribution is 2.27. The van der Waals surface area contributed by atoms with Crippen LogP contribution in [0.2, 0.25) is 0 Å². The first kappa shape index (κ1) is 14.2. The van der Waals surface area contributed by atoms with Crippen molar-refractivity contribution in [3.05, 3.63) is 47.8 Å². The Kier molecular flexibility index (Phi) is 4.29. The quantitative estimate of drug-likeness (QED) is 0.940. The first-order valence-electron chi connectivity index (χ1n) is 7.63. The van der Waals surface area contributed by atoms with Crippen molar-refractivity contribution in [2.24, 2.45) is 5.73 Å². The molecule has 2 heterocycles. The van der Waals surface area contributed by atoms with Gasteiger partial charge in [0.2, 0.25) is 0 Å². The Balaban J connectivity index is 1.68. The number of rotatable bonds is 4. The van der Waals surface area contributed by atoms with Gasteiger partial charge >= 0.3 is 0 Å². The van der Waals surface area contributed by atoms with E-state index in [1.807, 2.05) is 12.3 Å². The minimum absolute atomic E-state index is 0.350. The van der Waals surface area contributed by atoms with Crippen molar-refractivity contribution in [1.29, 1.82) is 0 Å². The zero-order valence-electron chi connectivity index (χ0n) is 12.1. The van der Waals surface area contributed by atoms with Gasteiger partial charge in [0.1, 0.15) is 5.82 Å². The van der Waals surface area contributed by atoms with Crippen LogP contribution in [-0.2, 0) is 6.42 Å². The molecule has 1 atom stereocenters. The number of pyridine rings is 1. The van der Waals surface area contributed by atoms with Gasteiger partial charge in [-0.1, -0.05) is 19.3 Å². The van der Waals surface area contributed by atoms with Gasteiger partial charge < -0.3 is 5.73 Å². The van der Waals surface area contributed by atoms with E-state index in [1.165, 1.54) is 38.3 Å². The summed E-state index contributed by atoms with van der Waals surface area (Å²) in [5.41, 5.74) is 7.52. The van der Waals surface area contributed by atoms with Gasteiger partial charge in [-0.15, -0.1) is 0 Å². The van der Waals surface area contributed by atoms with Gasteiger partial charge in [0, 0.05) is 30.4 Å². The van der Waals surface area contributed by atoms with E-state index in [1.54, 1.807) is 12.3 Å². The number of halogens is 1. The Labute approximate surface area is 124 Å². The second-order valence-corrected chi connectivity index (χ2v) is 5.79. The predicted octanol–water partition coefficient (Wildman–Crippen LogP) is 3.16. The normalized spacial score (nSPS) is 17.8. The van der Waals surface area contributed by atoms with Gasteiger partial charge in [0.15, 0.2) is 0 Å². The first-order valence-corrected chi connectivity index (χ1v) is 7.63. The molecule has 0 saturated heterocycles. The largest absolute Gasteiger partial charge is 0.324 e. The maximum atomic E-state index is 13.7. The van der Waals surface area contributed by atoms with E-state index in [4.69, 9.17) is 5.73 Å². The first-order chi connectivity index (χ1) is 10.2. The van der Waals surface area contributed by atoms with Crippen molar-refractivity contribution < 1.29 is 4.39 Å². The van der Waals surface area contributed by atoms with Crippen molar-refractivity contribution in [3.8, 4) is 0 Å². The van der Waals surface area contributed by atoms with E-state index in [2.05, 4.69) is 14.8 Å². The molecule has 5 heteroatoms. The number of hydrogen-bond donors (Lipinski definition) is 1. The van der Waals surface area contributed by atoms with Crippen molar-refractivity contribution in [2.45, 2.75) is 50.6 Å². The molecular formula is C16H21FN4. The zero-order chi connectivity index (χ0) is 14.7. The summed E-state index contributed by atoms with van der Waals surface area (Å²) in [5, 5.41) is 4.63. The molecule has 0 amide bonds. The molecule has 2 N–H and O–H groups in total. The molecule has 0 aliphatic heterocycles. The number of hydrogen-bond acceptors (Lipinski definition) is 3. The third kappa shape index (κ3) is 3.29. The Morgan fingerprint density at radius 3 is 2.86 bits per heavy atom. The molecule has 1 aliphatic rings. The molecule has 1 saturated carbocycles. The monoisotopic (exact) mass is 288 g/mol. The molecule has 112 valence electrons. The van der Waals surface area contributed by atoms with Crippen LogP contribution in [0.3, 0.4) is 0 Å². The van der Waals surface area contributed by atoms with Crippen molar-refractivity contribution in [3.63, 3.8) is 0 Å². The molecule has 1 aliphatic carbocycles. The second kappa shape index (κ2) is 6.35. The third-order valence-corrected chi connectivity index (χ3v) is 4.24. The van der Waals surface area contributed by atoms with Crippen LogP contribution in [0.25, 0.3) is 0 Å². The van der Waals surface area contributed by atoms with Crippen molar-refractivity contribution in [1.82, 2.24) is 14.8 Å². The molecule has 2 aromatic heterocycles. The zero-order valence-corrected chi connectivity index (χ0v) is 12.1. The molecule has 0 bridgehead atoms. The van der Waals surface area contributed by atoms with Crippen molar-refractivity contribution >= 4 is 0 Å². The lowest BCUT2D eigenvalue weighted by atomic mass is 9.96. The highest BCUT2D eigenvalue weighted by Gasteiger charge is 2.17. The van der Waals surface area contributed by atoms with Gasteiger partial charge in [0.25, 0.3) is 0 Å². The van der Waals surface area contributed by atoms with Crippen LogP contribution in [0.1, 0.15) is 55.4 Å². The summed E-state index contributed by atoms with van der Waals surface area (Å²) >= 11 is 0. The van der Waals surface area contributed by atoms with E-state index in [-0.39, 0.29) is 11.9 Å². The van der Waals surface area contributed by atoms with E-state index in [0.29, 0.717) is 18.0 Å². The molecule has 21 heavy (non-hydrogen) atoms. The summed E-state index contributed by atoms with van der Waals surface area (Å²) in [7, 11) is 0. The molecule has 2 aromatic rings. The Hall–Kier alpha value is -1.75. The Morgan fingerprint density at radius 2 is 2.10 bits per heavy atom. The molecule has 1 unspecified atom stereocenters. The Bertz CT molecular complexity index is 589. The van der Waals surface area contributed by atoms with Crippen molar-refractivity contribution in [2.75, 3.05) is 0 Å². The minimum Gasteiger partial charge on any atom is -0.324 e. The fraction of sp³-hybridized carbons (Fsp3) is 0.500. The topological polar surface area (TPSA) is 56.7 Å². The third-order valence-electron chi connectivity index (χ3n) is 4.24. The van der Waals surface area contributed by atoms with Crippen LogP contribution < -0.4 is 5.73 Å². The van der Waals surface area contributed by atoms with Crippen LogP contribution >= 0.6 is 0 Å². The second-order valence-electron chi connectivity index (χ2n) is 5.79. The van der Waals surface area contributed by atoms with Crippen LogP contribution in [-0.4, -0.2) is 14.8 Å². The summed E-state index contributed by atoms with van der Waals surface area (Å²) in [6.45, 7) is 0. The summed E-state index contributed by atoms with van der Waals surface area (Å²) < 4.78 is 15.7. The predicted molar refractivity (Wildman–Crippen MR) is 79.2 cm³/mol. The number of aromatic nitrogens is 3. The molecule has 0 aromatic carbocycles. The average Bonchev–Trinajstić information content (AvgIpc) is 2.97. The fourth-order valence-electron chi connectivity index (χ4n) is 3.06. The Morgan fingerprint density at radius 1 is 1.29 bits per heavy atom. The molecular weight excluding hydrogens is 267 g/mol. The smallest absolute Gasteiger partial charge is 0.146 e. The summed E-state index contributed by atoms with van der Waals surface area (Å²) in [6, 6.07) is 3.76. The lowest BCUT2D eigenvalue weighted by Gasteiger charge is -2.21. The molecule has 4 nitrogen and oxygen atoms in total. The van der Waals surface area contributed by atoms with Gasteiger partial charge in [-0.05, 0) is 25.0 Å². The molecule has 3 rings (SSSR count).